The first kappa shape index (κ1) is 49.8. The second kappa shape index (κ2) is 16.7. The average molecular weight is 989 g/mol. The van der Waals surface area contributed by atoms with Crippen molar-refractivity contribution < 1.29 is 0 Å². The zero-order valence-corrected chi connectivity index (χ0v) is 48.7. The van der Waals surface area contributed by atoms with E-state index < -0.39 is 0 Å². The van der Waals surface area contributed by atoms with Crippen LogP contribution in [0.5, 0.6) is 0 Å². The average Bonchev–Trinajstić information content (AvgIpc) is 3.90. The molecular formula is C76H76. The van der Waals surface area contributed by atoms with Crippen molar-refractivity contribution in [2.24, 2.45) is 0 Å². The van der Waals surface area contributed by atoms with Gasteiger partial charge < -0.3 is 0 Å². The van der Waals surface area contributed by atoms with E-state index in [0.29, 0.717) is 0 Å². The van der Waals surface area contributed by atoms with Crippen molar-refractivity contribution in [3.63, 3.8) is 0 Å². The predicted molar refractivity (Wildman–Crippen MR) is 333 cm³/mol. The van der Waals surface area contributed by atoms with Crippen LogP contribution in [0.4, 0.5) is 0 Å². The van der Waals surface area contributed by atoms with E-state index in [0.717, 1.165) is 0 Å². The predicted octanol–water partition coefficient (Wildman–Crippen LogP) is 22.1. The van der Waals surface area contributed by atoms with Crippen LogP contribution in [0.25, 0.3) is 121 Å². The standard InChI is InChI=1S/C76H76/c1-41-31-43(3)61(44(4)32-41)67-55-25-21-22-26-56(55)68(62-45(5)33-42(2)34-46(62)6)72-60-30-28-58-65-57(27-29-59(66(60)65)71(67)72)69-63(47-35-49(73(7,8)9)39-50(36-47)74(10,11)12)53-23-19-20-24-54(53)64(70(58)69)48-37-51(75(13,14)15)40-52(38-48)76(16,17)18/h19-40H,1-18H3. The van der Waals surface area contributed by atoms with E-state index in [1.54, 1.807) is 0 Å². The fraction of sp³-hybridized carbons (Fsp3) is 0.289. The summed E-state index contributed by atoms with van der Waals surface area (Å²) in [6.45, 7) is 42.3. The van der Waals surface area contributed by atoms with E-state index in [1.807, 2.05) is 0 Å². The van der Waals surface area contributed by atoms with E-state index in [9.17, 15) is 0 Å². The van der Waals surface area contributed by atoms with Crippen LogP contribution in [0.15, 0.2) is 133 Å². The molecule has 0 amide bonds. The minimum Gasteiger partial charge on any atom is -0.0616 e. The van der Waals surface area contributed by atoms with Gasteiger partial charge in [0.15, 0.2) is 0 Å². The third kappa shape index (κ3) is 7.51. The van der Waals surface area contributed by atoms with E-state index in [-0.39, 0.29) is 21.7 Å². The third-order valence-corrected chi connectivity index (χ3v) is 17.4. The summed E-state index contributed by atoms with van der Waals surface area (Å²) in [5.41, 5.74) is 34.6. The summed E-state index contributed by atoms with van der Waals surface area (Å²) in [6, 6.07) is 53.5. The summed E-state index contributed by atoms with van der Waals surface area (Å²) >= 11 is 0. The van der Waals surface area contributed by atoms with Gasteiger partial charge in [-0.2, -0.15) is 0 Å². The van der Waals surface area contributed by atoms with Crippen LogP contribution in [0.1, 0.15) is 139 Å². The molecule has 380 valence electrons. The van der Waals surface area contributed by atoms with Gasteiger partial charge in [-0.15, -0.1) is 0 Å². The Morgan fingerprint density at radius 3 is 0.724 bits per heavy atom. The van der Waals surface area contributed by atoms with Crippen LogP contribution in [0.2, 0.25) is 0 Å². The normalized spacial score (nSPS) is 13.1. The number of rotatable bonds is 4. The van der Waals surface area contributed by atoms with Crippen LogP contribution in [-0.4, -0.2) is 0 Å². The molecule has 0 saturated carbocycles. The molecule has 0 spiro atoms. The van der Waals surface area contributed by atoms with Crippen molar-refractivity contribution in [2.45, 2.75) is 146 Å². The first-order valence-corrected chi connectivity index (χ1v) is 28.0. The maximum atomic E-state index is 2.54. The minimum atomic E-state index is -0.0513. The minimum absolute atomic E-state index is 0.0513. The number of aryl methyl sites for hydroxylation is 6. The van der Waals surface area contributed by atoms with Crippen molar-refractivity contribution in [1.29, 1.82) is 0 Å². The largest absolute Gasteiger partial charge is 0.0616 e. The Kier molecular flexibility index (Phi) is 11.0. The topological polar surface area (TPSA) is 0 Å². The molecule has 10 aromatic carbocycles. The van der Waals surface area contributed by atoms with Crippen molar-refractivity contribution in [3.05, 3.63) is 189 Å². The lowest BCUT2D eigenvalue weighted by molar-refractivity contribution is 0.568. The molecule has 0 N–H and O–H groups in total. The van der Waals surface area contributed by atoms with Gasteiger partial charge in [0.25, 0.3) is 0 Å². The molecule has 2 aliphatic rings. The van der Waals surface area contributed by atoms with Crippen LogP contribution < -0.4 is 0 Å². The summed E-state index contributed by atoms with van der Waals surface area (Å²) in [5, 5.41) is 7.98. The van der Waals surface area contributed by atoms with Crippen molar-refractivity contribution in [1.82, 2.24) is 0 Å². The van der Waals surface area contributed by atoms with E-state index in [2.05, 4.69) is 258 Å². The fourth-order valence-electron chi connectivity index (χ4n) is 13.8. The lowest BCUT2D eigenvalue weighted by atomic mass is 9.75. The highest BCUT2D eigenvalue weighted by Crippen LogP contribution is 2.65. The molecule has 0 radical (unpaired) electrons. The number of benzene rings is 10. The van der Waals surface area contributed by atoms with Crippen molar-refractivity contribution in [3.8, 4) is 89.0 Å². The molecule has 0 heteroatoms. The molecule has 0 aromatic heterocycles. The van der Waals surface area contributed by atoms with Gasteiger partial charge in [-0.3, -0.25) is 0 Å². The van der Waals surface area contributed by atoms with E-state index >= 15 is 0 Å². The second-order valence-corrected chi connectivity index (χ2v) is 27.3. The first-order valence-electron chi connectivity index (χ1n) is 28.0. The molecule has 0 fully saturated rings. The summed E-state index contributed by atoms with van der Waals surface area (Å²) in [4.78, 5) is 0. The maximum absolute atomic E-state index is 2.54. The Hall–Kier alpha value is -7.02. The molecule has 0 heterocycles. The van der Waals surface area contributed by atoms with Gasteiger partial charge in [0.1, 0.15) is 0 Å². The van der Waals surface area contributed by atoms with Gasteiger partial charge in [-0.05, 0) is 229 Å². The molecule has 0 atom stereocenters. The Bertz CT molecular complexity index is 3790. The fourth-order valence-corrected chi connectivity index (χ4v) is 13.8. The lowest BCUT2D eigenvalue weighted by Gasteiger charge is -2.29. The third-order valence-electron chi connectivity index (χ3n) is 17.4. The zero-order valence-electron chi connectivity index (χ0n) is 48.7. The quantitative estimate of drug-likeness (QED) is 0.165. The molecule has 0 saturated heterocycles. The van der Waals surface area contributed by atoms with Crippen molar-refractivity contribution in [2.75, 3.05) is 0 Å². The molecule has 0 unspecified atom stereocenters. The van der Waals surface area contributed by atoms with Gasteiger partial charge >= 0.3 is 0 Å². The summed E-state index contributed by atoms with van der Waals surface area (Å²) in [7, 11) is 0. The van der Waals surface area contributed by atoms with Crippen LogP contribution in [0, 0.1) is 41.5 Å². The van der Waals surface area contributed by atoms with Gasteiger partial charge in [-0.1, -0.05) is 228 Å². The van der Waals surface area contributed by atoms with Gasteiger partial charge in [-0.25, -0.2) is 0 Å². The second-order valence-electron chi connectivity index (χ2n) is 27.3. The highest BCUT2D eigenvalue weighted by molar-refractivity contribution is 6.35. The SMILES string of the molecule is Cc1cc(C)c(-c2c3c(c(-c4c(C)cc(C)cc4C)c4ccccc24)-c2ccc4c5c(ccc-3c25)-c2c-4c(-c3cc(C(C)(C)C)cc(C(C)(C)C)c3)c3ccccc3c2-c2cc(C(C)(C)C)cc(C(C)(C)C)c2)c(C)c1. The molecule has 2 aliphatic carbocycles. The number of fused-ring (bicyclic) bond motifs is 8. The van der Waals surface area contributed by atoms with E-state index in [1.165, 1.54) is 177 Å². The smallest absolute Gasteiger partial charge is 0.000720 e. The zero-order chi connectivity index (χ0) is 54.0. The molecule has 0 bridgehead atoms. The van der Waals surface area contributed by atoms with Crippen LogP contribution in [0.3, 0.4) is 0 Å². The summed E-state index contributed by atoms with van der Waals surface area (Å²) < 4.78 is 0. The number of hydrogen-bond acceptors (Lipinski definition) is 0. The molecule has 0 nitrogen and oxygen atoms in total. The lowest BCUT2D eigenvalue weighted by Crippen LogP contribution is -2.17. The van der Waals surface area contributed by atoms with E-state index in [4.69, 9.17) is 0 Å². The Morgan fingerprint density at radius 1 is 0.237 bits per heavy atom. The highest BCUT2D eigenvalue weighted by Gasteiger charge is 2.39. The maximum Gasteiger partial charge on any atom is -0.000720 e. The molecule has 12 rings (SSSR count). The molecular weight excluding hydrogens is 913 g/mol. The Morgan fingerprint density at radius 2 is 0.474 bits per heavy atom. The Labute approximate surface area is 454 Å². The number of hydrogen-bond donors (Lipinski definition) is 0. The molecule has 10 aromatic rings. The van der Waals surface area contributed by atoms with Crippen molar-refractivity contribution >= 4 is 32.3 Å². The van der Waals surface area contributed by atoms with Crippen LogP contribution >= 0.6 is 0 Å². The van der Waals surface area contributed by atoms with Gasteiger partial charge in [0.2, 0.25) is 0 Å². The van der Waals surface area contributed by atoms with Gasteiger partial charge in [0, 0.05) is 0 Å². The first-order chi connectivity index (χ1) is 35.7. The summed E-state index contributed by atoms with van der Waals surface area (Å²) in [5.74, 6) is 0. The van der Waals surface area contributed by atoms with Crippen LogP contribution in [-0.2, 0) is 21.7 Å². The molecule has 76 heavy (non-hydrogen) atoms. The summed E-state index contributed by atoms with van der Waals surface area (Å²) in [6.07, 6.45) is 0. The molecule has 0 aliphatic heterocycles. The Balaban J connectivity index is 1.30. The highest BCUT2D eigenvalue weighted by atomic mass is 14.4. The monoisotopic (exact) mass is 989 g/mol. The van der Waals surface area contributed by atoms with Gasteiger partial charge in [0.05, 0.1) is 0 Å².